The lowest BCUT2D eigenvalue weighted by Gasteiger charge is -2.15. The fourth-order valence-electron chi connectivity index (χ4n) is 3.09. The van der Waals surface area contributed by atoms with Gasteiger partial charge in [0.15, 0.2) is 5.75 Å². The molecule has 160 valence electrons. The van der Waals surface area contributed by atoms with Crippen molar-refractivity contribution in [1.29, 1.82) is 5.26 Å². The molecule has 2 aromatic rings. The van der Waals surface area contributed by atoms with E-state index in [1.807, 2.05) is 18.2 Å². The number of carbonyl (C=O) groups is 1. The van der Waals surface area contributed by atoms with Gasteiger partial charge in [0.2, 0.25) is 0 Å². The Kier molecular flexibility index (Phi) is 9.46. The molecule has 0 radical (unpaired) electrons. The van der Waals surface area contributed by atoms with Gasteiger partial charge in [0.05, 0.1) is 17.2 Å². The Hall–Kier alpha value is -2.75. The van der Waals surface area contributed by atoms with Gasteiger partial charge in [-0.1, -0.05) is 30.7 Å². The highest BCUT2D eigenvalue weighted by Crippen LogP contribution is 2.32. The van der Waals surface area contributed by atoms with Crippen molar-refractivity contribution >= 4 is 17.6 Å². The normalized spacial score (nSPS) is 11.6. The molecule has 0 saturated carbocycles. The SMILES string of the molecule is C[C@H](Cc1cc(Cl)c(OCCCCCOCC(=O)O)c(C#N)c1)c1ccc(O)cc1. The van der Waals surface area contributed by atoms with E-state index in [1.165, 1.54) is 0 Å². The molecule has 0 amide bonds. The molecule has 7 heteroatoms. The largest absolute Gasteiger partial charge is 0.508 e. The van der Waals surface area contributed by atoms with E-state index < -0.39 is 5.97 Å². The second kappa shape index (κ2) is 12.1. The minimum atomic E-state index is -0.974. The second-order valence-corrected chi connectivity index (χ2v) is 7.53. The molecular weight excluding hydrogens is 406 g/mol. The molecule has 0 aromatic heterocycles. The maximum Gasteiger partial charge on any atom is 0.329 e. The van der Waals surface area contributed by atoms with Crippen molar-refractivity contribution in [2.75, 3.05) is 19.8 Å². The van der Waals surface area contributed by atoms with Crippen LogP contribution >= 0.6 is 11.6 Å². The van der Waals surface area contributed by atoms with Crippen molar-refractivity contribution in [3.8, 4) is 17.6 Å². The molecule has 6 nitrogen and oxygen atoms in total. The summed E-state index contributed by atoms with van der Waals surface area (Å²) in [7, 11) is 0. The van der Waals surface area contributed by atoms with Crippen LogP contribution in [0.25, 0.3) is 0 Å². The summed E-state index contributed by atoms with van der Waals surface area (Å²) in [5.74, 6) is -0.154. The number of ether oxygens (including phenoxy) is 2. The average Bonchev–Trinajstić information content (AvgIpc) is 2.71. The molecule has 0 unspecified atom stereocenters. The first kappa shape index (κ1) is 23.5. The predicted octanol–water partition coefficient (Wildman–Crippen LogP) is 4.91. The van der Waals surface area contributed by atoms with Crippen molar-refractivity contribution in [2.24, 2.45) is 0 Å². The van der Waals surface area contributed by atoms with Crippen LogP contribution in [0.2, 0.25) is 5.02 Å². The first-order chi connectivity index (χ1) is 14.4. The van der Waals surface area contributed by atoms with Gasteiger partial charge in [0.1, 0.15) is 18.4 Å². The number of carboxylic acid groups (broad SMARTS) is 1. The van der Waals surface area contributed by atoms with Gasteiger partial charge in [-0.05, 0) is 67.0 Å². The van der Waals surface area contributed by atoms with E-state index in [9.17, 15) is 15.2 Å². The van der Waals surface area contributed by atoms with Gasteiger partial charge < -0.3 is 19.7 Å². The minimum Gasteiger partial charge on any atom is -0.508 e. The molecule has 2 rings (SSSR count). The summed E-state index contributed by atoms with van der Waals surface area (Å²) < 4.78 is 10.7. The first-order valence-electron chi connectivity index (χ1n) is 9.84. The molecular formula is C23H26ClNO5. The second-order valence-electron chi connectivity index (χ2n) is 7.12. The van der Waals surface area contributed by atoms with Crippen molar-refractivity contribution in [3.05, 3.63) is 58.1 Å². The summed E-state index contributed by atoms with van der Waals surface area (Å²) in [6.07, 6.45) is 3.01. The van der Waals surface area contributed by atoms with Crippen LogP contribution in [-0.2, 0) is 16.0 Å². The van der Waals surface area contributed by atoms with Crippen molar-refractivity contribution in [2.45, 2.75) is 38.5 Å². The molecule has 2 N–H and O–H groups in total. The number of rotatable bonds is 12. The van der Waals surface area contributed by atoms with Crippen LogP contribution < -0.4 is 4.74 Å². The topological polar surface area (TPSA) is 99.8 Å². The lowest BCUT2D eigenvalue weighted by atomic mass is 9.93. The number of phenolic OH excluding ortho intramolecular Hbond substituents is 1. The highest BCUT2D eigenvalue weighted by molar-refractivity contribution is 6.32. The van der Waals surface area contributed by atoms with Crippen LogP contribution in [0.4, 0.5) is 0 Å². The number of unbranched alkanes of at least 4 members (excludes halogenated alkanes) is 2. The van der Waals surface area contributed by atoms with Gasteiger partial charge in [-0.2, -0.15) is 5.26 Å². The van der Waals surface area contributed by atoms with Crippen LogP contribution in [0, 0.1) is 11.3 Å². The van der Waals surface area contributed by atoms with Gasteiger partial charge in [-0.25, -0.2) is 4.79 Å². The lowest BCUT2D eigenvalue weighted by molar-refractivity contribution is -0.142. The molecule has 0 spiro atoms. The van der Waals surface area contributed by atoms with Gasteiger partial charge in [-0.15, -0.1) is 0 Å². The zero-order valence-electron chi connectivity index (χ0n) is 16.9. The standard InChI is InChI=1S/C23H26ClNO5/c1-16(18-5-7-20(26)8-6-18)11-17-12-19(14-25)23(21(24)13-17)30-10-4-2-3-9-29-15-22(27)28/h5-8,12-13,16,26H,2-4,9-11,15H2,1H3,(H,27,28)/t16-/m1/s1. The number of hydrogen-bond donors (Lipinski definition) is 2. The Labute approximate surface area is 181 Å². The summed E-state index contributed by atoms with van der Waals surface area (Å²) in [5.41, 5.74) is 2.44. The van der Waals surface area contributed by atoms with E-state index in [4.69, 9.17) is 26.2 Å². The zero-order chi connectivity index (χ0) is 21.9. The Bertz CT molecular complexity index is 876. The number of carboxylic acids is 1. The third-order valence-electron chi connectivity index (χ3n) is 4.63. The molecule has 2 aromatic carbocycles. The highest BCUT2D eigenvalue weighted by atomic mass is 35.5. The van der Waals surface area contributed by atoms with Crippen LogP contribution in [0.1, 0.15) is 48.8 Å². The molecule has 0 aliphatic carbocycles. The summed E-state index contributed by atoms with van der Waals surface area (Å²) in [6.45, 7) is 2.60. The molecule has 30 heavy (non-hydrogen) atoms. The summed E-state index contributed by atoms with van der Waals surface area (Å²) >= 11 is 6.39. The maximum absolute atomic E-state index is 10.4. The summed E-state index contributed by atoms with van der Waals surface area (Å²) in [4.78, 5) is 10.4. The van der Waals surface area contributed by atoms with Gasteiger partial charge in [-0.3, -0.25) is 0 Å². The van der Waals surface area contributed by atoms with Gasteiger partial charge in [0, 0.05) is 6.61 Å². The van der Waals surface area contributed by atoms with Crippen LogP contribution in [-0.4, -0.2) is 36.0 Å². The quantitative estimate of drug-likeness (QED) is 0.463. The highest BCUT2D eigenvalue weighted by Gasteiger charge is 2.14. The number of benzene rings is 2. The molecule has 0 saturated heterocycles. The van der Waals surface area contributed by atoms with Gasteiger partial charge >= 0.3 is 5.97 Å². The third-order valence-corrected chi connectivity index (χ3v) is 4.91. The molecule has 0 heterocycles. The number of hydrogen-bond acceptors (Lipinski definition) is 5. The molecule has 0 bridgehead atoms. The molecule has 0 aliphatic rings. The minimum absolute atomic E-state index is 0.198. The monoisotopic (exact) mass is 431 g/mol. The summed E-state index contributed by atoms with van der Waals surface area (Å²) in [5, 5.41) is 27.9. The average molecular weight is 432 g/mol. The van der Waals surface area contributed by atoms with E-state index in [0.29, 0.717) is 36.0 Å². The molecule has 0 aliphatic heterocycles. The maximum atomic E-state index is 10.4. The fraction of sp³-hybridized carbons (Fsp3) is 0.391. The Morgan fingerprint density at radius 2 is 1.87 bits per heavy atom. The Balaban J connectivity index is 1.88. The smallest absolute Gasteiger partial charge is 0.329 e. The van der Waals surface area contributed by atoms with Crippen LogP contribution in [0.15, 0.2) is 36.4 Å². The number of nitriles is 1. The number of aliphatic carboxylic acids is 1. The number of phenols is 1. The van der Waals surface area contributed by atoms with E-state index in [-0.39, 0.29) is 18.3 Å². The molecule has 1 atom stereocenters. The number of nitrogens with zero attached hydrogens (tertiary/aromatic N) is 1. The lowest BCUT2D eigenvalue weighted by Crippen LogP contribution is -2.08. The number of aromatic hydroxyl groups is 1. The molecule has 0 fully saturated rings. The van der Waals surface area contributed by atoms with Gasteiger partial charge in [0.25, 0.3) is 0 Å². The van der Waals surface area contributed by atoms with Crippen molar-refractivity contribution < 1.29 is 24.5 Å². The van der Waals surface area contributed by atoms with E-state index in [2.05, 4.69) is 13.0 Å². The zero-order valence-corrected chi connectivity index (χ0v) is 17.7. The van der Waals surface area contributed by atoms with E-state index in [0.717, 1.165) is 30.4 Å². The fourth-order valence-corrected chi connectivity index (χ4v) is 3.38. The van der Waals surface area contributed by atoms with E-state index in [1.54, 1.807) is 18.2 Å². The predicted molar refractivity (Wildman–Crippen MR) is 114 cm³/mol. The Morgan fingerprint density at radius 3 is 2.53 bits per heavy atom. The van der Waals surface area contributed by atoms with Crippen molar-refractivity contribution in [3.63, 3.8) is 0 Å². The summed E-state index contributed by atoms with van der Waals surface area (Å²) in [6, 6.07) is 12.9. The number of halogens is 1. The first-order valence-corrected chi connectivity index (χ1v) is 10.2. The van der Waals surface area contributed by atoms with Crippen LogP contribution in [0.3, 0.4) is 0 Å². The van der Waals surface area contributed by atoms with E-state index >= 15 is 0 Å². The third kappa shape index (κ3) is 7.58. The van der Waals surface area contributed by atoms with Crippen molar-refractivity contribution in [1.82, 2.24) is 0 Å². The Morgan fingerprint density at radius 1 is 1.17 bits per heavy atom. The van der Waals surface area contributed by atoms with Crippen LogP contribution in [0.5, 0.6) is 11.5 Å².